The highest BCUT2D eigenvalue weighted by molar-refractivity contribution is 5.77. The van der Waals surface area contributed by atoms with E-state index in [4.69, 9.17) is 14.2 Å². The fourth-order valence-corrected chi connectivity index (χ4v) is 2.34. The van der Waals surface area contributed by atoms with E-state index < -0.39 is 29.9 Å². The normalized spacial score (nSPS) is 22.0. The van der Waals surface area contributed by atoms with Crippen LogP contribution in [0.2, 0.25) is 0 Å². The summed E-state index contributed by atoms with van der Waals surface area (Å²) in [6.07, 6.45) is -0.531. The molecule has 0 radical (unpaired) electrons. The number of ether oxygens (including phenoxy) is 3. The van der Waals surface area contributed by atoms with Gasteiger partial charge in [0.1, 0.15) is 25.2 Å². The topological polar surface area (TPSA) is 78.9 Å². The Morgan fingerprint density at radius 3 is 2.58 bits per heavy atom. The Kier molecular flexibility index (Phi) is 6.35. The van der Waals surface area contributed by atoms with Gasteiger partial charge in [0.05, 0.1) is 12.3 Å². The summed E-state index contributed by atoms with van der Waals surface area (Å²) in [5, 5.41) is 0. The average molecular weight is 334 g/mol. The van der Waals surface area contributed by atoms with Crippen molar-refractivity contribution in [1.29, 1.82) is 0 Å². The lowest BCUT2D eigenvalue weighted by molar-refractivity contribution is -0.168. The van der Waals surface area contributed by atoms with Crippen molar-refractivity contribution >= 4 is 17.9 Å². The molecule has 1 aliphatic rings. The Morgan fingerprint density at radius 1 is 1.21 bits per heavy atom. The van der Waals surface area contributed by atoms with E-state index in [9.17, 15) is 14.4 Å². The molecular weight excluding hydrogens is 312 g/mol. The second-order valence-electron chi connectivity index (χ2n) is 6.03. The standard InChI is InChI=1S/C18H22O6/c1-12(2)17(20)24-15-11-23-16(19)8-9-22-18(21)14(15)10-13-6-4-3-5-7-13/h3-7,12,14-15H,8-11H2,1-2H3. The van der Waals surface area contributed by atoms with Crippen molar-refractivity contribution in [2.75, 3.05) is 13.2 Å². The highest BCUT2D eigenvalue weighted by atomic mass is 16.6. The molecular formula is C18H22O6. The molecule has 6 nitrogen and oxygen atoms in total. The maximum absolute atomic E-state index is 12.4. The molecule has 0 bridgehead atoms. The van der Waals surface area contributed by atoms with Gasteiger partial charge in [-0.3, -0.25) is 14.4 Å². The second kappa shape index (κ2) is 8.47. The van der Waals surface area contributed by atoms with Gasteiger partial charge in [-0.05, 0) is 12.0 Å². The molecule has 0 N–H and O–H groups in total. The van der Waals surface area contributed by atoms with Crippen LogP contribution in [0, 0.1) is 11.8 Å². The minimum atomic E-state index is -0.866. The summed E-state index contributed by atoms with van der Waals surface area (Å²) in [5.74, 6) is -2.48. The third-order valence-electron chi connectivity index (χ3n) is 3.75. The lowest BCUT2D eigenvalue weighted by Crippen LogP contribution is -2.39. The quantitative estimate of drug-likeness (QED) is 0.618. The zero-order chi connectivity index (χ0) is 17.5. The zero-order valence-corrected chi connectivity index (χ0v) is 13.9. The molecule has 6 heteroatoms. The van der Waals surface area contributed by atoms with E-state index in [0.717, 1.165) is 5.56 Å². The van der Waals surface area contributed by atoms with E-state index in [1.807, 2.05) is 30.3 Å². The SMILES string of the molecule is CC(C)C(=O)OC1COC(=O)CCOC(=O)C1Cc1ccccc1. The van der Waals surface area contributed by atoms with Crippen LogP contribution < -0.4 is 0 Å². The highest BCUT2D eigenvalue weighted by Gasteiger charge is 2.35. The van der Waals surface area contributed by atoms with Gasteiger partial charge in [0.25, 0.3) is 0 Å². The van der Waals surface area contributed by atoms with Gasteiger partial charge in [-0.15, -0.1) is 0 Å². The summed E-state index contributed by atoms with van der Waals surface area (Å²) < 4.78 is 15.7. The molecule has 24 heavy (non-hydrogen) atoms. The number of carbonyl (C=O) groups excluding carboxylic acids is 3. The van der Waals surface area contributed by atoms with Crippen molar-refractivity contribution in [2.45, 2.75) is 32.8 Å². The van der Waals surface area contributed by atoms with Crippen LogP contribution in [0.5, 0.6) is 0 Å². The average Bonchev–Trinajstić information content (AvgIpc) is 2.62. The minimum Gasteiger partial charge on any atom is -0.465 e. The van der Waals surface area contributed by atoms with E-state index in [-0.39, 0.29) is 25.6 Å². The molecule has 1 saturated heterocycles. The number of rotatable bonds is 4. The van der Waals surface area contributed by atoms with Crippen LogP contribution in [0.15, 0.2) is 30.3 Å². The van der Waals surface area contributed by atoms with Crippen LogP contribution >= 0.6 is 0 Å². The molecule has 2 atom stereocenters. The molecule has 2 rings (SSSR count). The van der Waals surface area contributed by atoms with E-state index in [2.05, 4.69) is 0 Å². The molecule has 130 valence electrons. The maximum Gasteiger partial charge on any atom is 0.313 e. The number of cyclic esters (lactones) is 2. The monoisotopic (exact) mass is 334 g/mol. The third kappa shape index (κ3) is 5.08. The Balaban J connectivity index is 2.23. The van der Waals surface area contributed by atoms with E-state index in [0.29, 0.717) is 6.42 Å². The van der Waals surface area contributed by atoms with E-state index >= 15 is 0 Å². The van der Waals surface area contributed by atoms with Crippen molar-refractivity contribution < 1.29 is 28.6 Å². The lowest BCUT2D eigenvalue weighted by atomic mass is 9.94. The summed E-state index contributed by atoms with van der Waals surface area (Å²) in [7, 11) is 0. The van der Waals surface area contributed by atoms with Gasteiger partial charge in [-0.2, -0.15) is 0 Å². The Labute approximate surface area is 141 Å². The summed E-state index contributed by atoms with van der Waals surface area (Å²) in [6.45, 7) is 3.22. The van der Waals surface area contributed by atoms with Gasteiger partial charge in [-0.1, -0.05) is 44.2 Å². The van der Waals surface area contributed by atoms with Crippen LogP contribution in [0.3, 0.4) is 0 Å². The number of hydrogen-bond acceptors (Lipinski definition) is 6. The van der Waals surface area contributed by atoms with Crippen LogP contribution in [0.25, 0.3) is 0 Å². The molecule has 0 aromatic heterocycles. The predicted octanol–water partition coefficient (Wildman–Crippen LogP) is 1.90. The van der Waals surface area contributed by atoms with Gasteiger partial charge < -0.3 is 14.2 Å². The summed E-state index contributed by atoms with van der Waals surface area (Å²) >= 11 is 0. The van der Waals surface area contributed by atoms with Crippen molar-refractivity contribution in [3.63, 3.8) is 0 Å². The first-order chi connectivity index (χ1) is 11.5. The summed E-state index contributed by atoms with van der Waals surface area (Å²) in [5.41, 5.74) is 0.913. The minimum absolute atomic E-state index is 0.00531. The molecule has 1 heterocycles. The fourth-order valence-electron chi connectivity index (χ4n) is 2.34. The van der Waals surface area contributed by atoms with Gasteiger partial charge in [0, 0.05) is 0 Å². The van der Waals surface area contributed by atoms with Crippen LogP contribution in [-0.4, -0.2) is 37.2 Å². The Bertz CT molecular complexity index is 580. The van der Waals surface area contributed by atoms with Crippen molar-refractivity contribution in [3.8, 4) is 0 Å². The number of esters is 3. The van der Waals surface area contributed by atoms with E-state index in [1.54, 1.807) is 13.8 Å². The number of carbonyl (C=O) groups is 3. The van der Waals surface area contributed by atoms with Crippen molar-refractivity contribution in [2.24, 2.45) is 11.8 Å². The predicted molar refractivity (Wildman–Crippen MR) is 84.9 cm³/mol. The molecule has 1 aromatic carbocycles. The molecule has 0 amide bonds. The van der Waals surface area contributed by atoms with Gasteiger partial charge in [-0.25, -0.2) is 0 Å². The maximum atomic E-state index is 12.4. The smallest absolute Gasteiger partial charge is 0.313 e. The molecule has 0 aliphatic carbocycles. The molecule has 0 saturated carbocycles. The van der Waals surface area contributed by atoms with Crippen molar-refractivity contribution in [1.82, 2.24) is 0 Å². The molecule has 0 spiro atoms. The van der Waals surface area contributed by atoms with Gasteiger partial charge >= 0.3 is 17.9 Å². The first-order valence-electron chi connectivity index (χ1n) is 8.04. The van der Waals surface area contributed by atoms with Crippen LogP contribution in [0.4, 0.5) is 0 Å². The number of hydrogen-bond donors (Lipinski definition) is 0. The Morgan fingerprint density at radius 2 is 1.92 bits per heavy atom. The Hall–Kier alpha value is -2.37. The second-order valence-corrected chi connectivity index (χ2v) is 6.03. The first-order valence-corrected chi connectivity index (χ1v) is 8.04. The first kappa shape index (κ1) is 18.0. The highest BCUT2D eigenvalue weighted by Crippen LogP contribution is 2.20. The van der Waals surface area contributed by atoms with Gasteiger partial charge in [0.15, 0.2) is 0 Å². The largest absolute Gasteiger partial charge is 0.465 e. The molecule has 1 fully saturated rings. The molecule has 1 aliphatic heterocycles. The summed E-state index contributed by atoms with van der Waals surface area (Å²) in [6, 6.07) is 9.37. The van der Waals surface area contributed by atoms with E-state index in [1.165, 1.54) is 0 Å². The van der Waals surface area contributed by atoms with Crippen LogP contribution in [-0.2, 0) is 35.0 Å². The third-order valence-corrected chi connectivity index (χ3v) is 3.75. The molecule has 2 unspecified atom stereocenters. The van der Waals surface area contributed by atoms with Crippen LogP contribution in [0.1, 0.15) is 25.8 Å². The van der Waals surface area contributed by atoms with Gasteiger partial charge in [0.2, 0.25) is 0 Å². The zero-order valence-electron chi connectivity index (χ0n) is 13.9. The lowest BCUT2D eigenvalue weighted by Gasteiger charge is -2.25. The van der Waals surface area contributed by atoms with Crippen molar-refractivity contribution in [3.05, 3.63) is 35.9 Å². The fraction of sp³-hybridized carbons (Fsp3) is 0.500. The summed E-state index contributed by atoms with van der Waals surface area (Å²) in [4.78, 5) is 36.0. The molecule has 1 aromatic rings. The number of benzene rings is 1.